The summed E-state index contributed by atoms with van der Waals surface area (Å²) in [6.07, 6.45) is -3.74. The predicted molar refractivity (Wildman–Crippen MR) is 54.0 cm³/mol. The molecular weight excluding hydrogens is 219 g/mol. The molecule has 1 amide bonds. The number of nitrogens with two attached hydrogens (primary N) is 1. The Bertz CT molecular complexity index is 399. The molecule has 0 radical (unpaired) electrons. The largest absolute Gasteiger partial charge is 0.416 e. The molecule has 0 saturated heterocycles. The molecule has 2 N–H and O–H groups in total. The standard InChI is InChI=1S/C11H12F3NO/c1-2-4-7-8(10(15)16)5-3-6-9(7)11(12,13)14/h3,5-6H,2,4H2,1H3,(H2,15,16). The minimum atomic E-state index is -4.45. The second-order valence-corrected chi connectivity index (χ2v) is 3.44. The maximum atomic E-state index is 12.7. The zero-order valence-electron chi connectivity index (χ0n) is 8.77. The lowest BCUT2D eigenvalue weighted by molar-refractivity contribution is -0.138. The number of carbonyl (C=O) groups is 1. The average Bonchev–Trinajstić information content (AvgIpc) is 2.16. The Kier molecular flexibility index (Phi) is 3.57. The minimum Gasteiger partial charge on any atom is -0.366 e. The van der Waals surface area contributed by atoms with Crippen LogP contribution in [0.4, 0.5) is 13.2 Å². The number of carbonyl (C=O) groups excluding carboxylic acids is 1. The number of hydrogen-bond acceptors (Lipinski definition) is 1. The van der Waals surface area contributed by atoms with E-state index in [1.54, 1.807) is 6.92 Å². The third-order valence-corrected chi connectivity index (χ3v) is 2.25. The first-order valence-corrected chi connectivity index (χ1v) is 4.86. The minimum absolute atomic E-state index is 0.00926. The molecule has 88 valence electrons. The number of primary amides is 1. The van der Waals surface area contributed by atoms with Gasteiger partial charge in [0.25, 0.3) is 0 Å². The van der Waals surface area contributed by atoms with Gasteiger partial charge >= 0.3 is 6.18 Å². The van der Waals surface area contributed by atoms with E-state index in [1.807, 2.05) is 0 Å². The monoisotopic (exact) mass is 231 g/mol. The van der Waals surface area contributed by atoms with Gasteiger partial charge in [-0.2, -0.15) is 13.2 Å². The van der Waals surface area contributed by atoms with E-state index in [4.69, 9.17) is 5.73 Å². The van der Waals surface area contributed by atoms with Gasteiger partial charge in [0.05, 0.1) is 5.56 Å². The fourth-order valence-electron chi connectivity index (χ4n) is 1.60. The summed E-state index contributed by atoms with van der Waals surface area (Å²) in [7, 11) is 0. The normalized spacial score (nSPS) is 11.5. The van der Waals surface area contributed by atoms with E-state index in [0.717, 1.165) is 6.07 Å². The highest BCUT2D eigenvalue weighted by Crippen LogP contribution is 2.33. The molecule has 0 aliphatic heterocycles. The summed E-state index contributed by atoms with van der Waals surface area (Å²) in [5.41, 5.74) is 4.22. The van der Waals surface area contributed by atoms with Crippen LogP contribution in [0, 0.1) is 0 Å². The Morgan fingerprint density at radius 3 is 2.44 bits per heavy atom. The molecule has 0 unspecified atom stereocenters. The van der Waals surface area contributed by atoms with Crippen molar-refractivity contribution in [3.63, 3.8) is 0 Å². The molecule has 1 rings (SSSR count). The molecule has 0 saturated carbocycles. The lowest BCUT2D eigenvalue weighted by Crippen LogP contribution is -2.18. The summed E-state index contributed by atoms with van der Waals surface area (Å²) in [6.45, 7) is 1.75. The number of alkyl halides is 3. The quantitative estimate of drug-likeness (QED) is 0.853. The Morgan fingerprint density at radius 1 is 1.38 bits per heavy atom. The Hall–Kier alpha value is -1.52. The van der Waals surface area contributed by atoms with Gasteiger partial charge in [-0.15, -0.1) is 0 Å². The van der Waals surface area contributed by atoms with Crippen molar-refractivity contribution in [3.8, 4) is 0 Å². The van der Waals surface area contributed by atoms with Crippen molar-refractivity contribution >= 4 is 5.91 Å². The highest BCUT2D eigenvalue weighted by molar-refractivity contribution is 5.94. The van der Waals surface area contributed by atoms with Crippen LogP contribution in [0.25, 0.3) is 0 Å². The number of amides is 1. The van der Waals surface area contributed by atoms with Crippen LogP contribution in [-0.2, 0) is 12.6 Å². The molecule has 0 aromatic heterocycles. The zero-order valence-corrected chi connectivity index (χ0v) is 8.77. The van der Waals surface area contributed by atoms with E-state index >= 15 is 0 Å². The van der Waals surface area contributed by atoms with Crippen LogP contribution in [-0.4, -0.2) is 5.91 Å². The zero-order chi connectivity index (χ0) is 12.3. The van der Waals surface area contributed by atoms with Crippen molar-refractivity contribution in [1.82, 2.24) is 0 Å². The first-order valence-electron chi connectivity index (χ1n) is 4.86. The summed E-state index contributed by atoms with van der Waals surface area (Å²) in [5.74, 6) is -0.824. The van der Waals surface area contributed by atoms with Gasteiger partial charge in [-0.3, -0.25) is 4.79 Å². The highest BCUT2D eigenvalue weighted by atomic mass is 19.4. The molecule has 2 nitrogen and oxygen atoms in total. The van der Waals surface area contributed by atoms with Crippen LogP contribution in [0.15, 0.2) is 18.2 Å². The molecule has 1 aromatic carbocycles. The van der Waals surface area contributed by atoms with E-state index in [9.17, 15) is 18.0 Å². The highest BCUT2D eigenvalue weighted by Gasteiger charge is 2.34. The summed E-state index contributed by atoms with van der Waals surface area (Å²) in [6, 6.07) is 3.49. The van der Waals surface area contributed by atoms with Gasteiger partial charge < -0.3 is 5.73 Å². The average molecular weight is 231 g/mol. The molecule has 0 heterocycles. The lowest BCUT2D eigenvalue weighted by atomic mass is 9.96. The van der Waals surface area contributed by atoms with Gasteiger partial charge in [-0.1, -0.05) is 19.4 Å². The van der Waals surface area contributed by atoms with E-state index < -0.39 is 17.6 Å². The Labute approximate surface area is 91.3 Å². The maximum absolute atomic E-state index is 12.7. The first kappa shape index (κ1) is 12.5. The smallest absolute Gasteiger partial charge is 0.366 e. The SMILES string of the molecule is CCCc1c(C(N)=O)cccc1C(F)(F)F. The van der Waals surface area contributed by atoms with Crippen LogP contribution in [0.5, 0.6) is 0 Å². The molecule has 0 bridgehead atoms. The second kappa shape index (κ2) is 4.55. The molecule has 0 spiro atoms. The van der Waals surface area contributed by atoms with Crippen molar-refractivity contribution in [2.24, 2.45) is 5.73 Å². The van der Waals surface area contributed by atoms with E-state index in [2.05, 4.69) is 0 Å². The second-order valence-electron chi connectivity index (χ2n) is 3.44. The predicted octanol–water partition coefficient (Wildman–Crippen LogP) is 2.76. The third kappa shape index (κ3) is 2.53. The van der Waals surface area contributed by atoms with Crippen molar-refractivity contribution in [1.29, 1.82) is 0 Å². The number of hydrogen-bond donors (Lipinski definition) is 1. The fraction of sp³-hybridized carbons (Fsp3) is 0.364. The molecule has 0 aliphatic carbocycles. The summed E-state index contributed by atoms with van der Waals surface area (Å²) < 4.78 is 38.0. The van der Waals surface area contributed by atoms with Crippen molar-refractivity contribution < 1.29 is 18.0 Å². The van der Waals surface area contributed by atoms with Crippen LogP contribution >= 0.6 is 0 Å². The van der Waals surface area contributed by atoms with Crippen LogP contribution in [0.2, 0.25) is 0 Å². The molecule has 16 heavy (non-hydrogen) atoms. The van der Waals surface area contributed by atoms with E-state index in [1.165, 1.54) is 12.1 Å². The summed E-state index contributed by atoms with van der Waals surface area (Å²) >= 11 is 0. The molecule has 0 atom stereocenters. The topological polar surface area (TPSA) is 43.1 Å². The number of rotatable bonds is 3. The van der Waals surface area contributed by atoms with Crippen molar-refractivity contribution in [2.45, 2.75) is 25.9 Å². The van der Waals surface area contributed by atoms with Gasteiger partial charge in [0.1, 0.15) is 0 Å². The van der Waals surface area contributed by atoms with Gasteiger partial charge in [0, 0.05) is 5.56 Å². The van der Waals surface area contributed by atoms with E-state index in [-0.39, 0.29) is 17.5 Å². The first-order chi connectivity index (χ1) is 7.38. The maximum Gasteiger partial charge on any atom is 0.416 e. The van der Waals surface area contributed by atoms with E-state index in [0.29, 0.717) is 6.42 Å². The molecule has 0 fully saturated rings. The van der Waals surface area contributed by atoms with Gasteiger partial charge in [-0.05, 0) is 24.1 Å². The molecule has 0 aliphatic rings. The molecular formula is C11H12F3NO. The molecule has 1 aromatic rings. The Balaban J connectivity index is 3.38. The van der Waals surface area contributed by atoms with Crippen LogP contribution in [0.1, 0.15) is 34.8 Å². The lowest BCUT2D eigenvalue weighted by Gasteiger charge is -2.14. The summed E-state index contributed by atoms with van der Waals surface area (Å²) in [4.78, 5) is 11.0. The summed E-state index contributed by atoms with van der Waals surface area (Å²) in [5, 5.41) is 0. The van der Waals surface area contributed by atoms with Gasteiger partial charge in [-0.25, -0.2) is 0 Å². The molecule has 5 heteroatoms. The fourth-order valence-corrected chi connectivity index (χ4v) is 1.60. The third-order valence-electron chi connectivity index (χ3n) is 2.25. The number of benzene rings is 1. The number of halogens is 3. The van der Waals surface area contributed by atoms with Crippen molar-refractivity contribution in [3.05, 3.63) is 34.9 Å². The van der Waals surface area contributed by atoms with Crippen LogP contribution < -0.4 is 5.73 Å². The van der Waals surface area contributed by atoms with Gasteiger partial charge in [0.15, 0.2) is 0 Å². The Morgan fingerprint density at radius 2 is 2.00 bits per heavy atom. The van der Waals surface area contributed by atoms with Gasteiger partial charge in [0.2, 0.25) is 5.91 Å². The van der Waals surface area contributed by atoms with Crippen molar-refractivity contribution in [2.75, 3.05) is 0 Å². The van der Waals surface area contributed by atoms with Crippen LogP contribution in [0.3, 0.4) is 0 Å².